The number of rotatable bonds is 4. The summed E-state index contributed by atoms with van der Waals surface area (Å²) in [4.78, 5) is 13.3. The molecule has 0 aliphatic rings. The summed E-state index contributed by atoms with van der Waals surface area (Å²) in [5.74, 6) is 0.398. The molecule has 1 N–H and O–H groups in total. The predicted molar refractivity (Wildman–Crippen MR) is 59.8 cm³/mol. The lowest BCUT2D eigenvalue weighted by molar-refractivity contribution is -0.134. The van der Waals surface area contributed by atoms with E-state index in [1.807, 2.05) is 6.20 Å². The van der Waals surface area contributed by atoms with Crippen LogP contribution in [-0.4, -0.2) is 20.6 Å². The lowest BCUT2D eigenvalue weighted by Gasteiger charge is -2.03. The first-order chi connectivity index (χ1) is 7.11. The van der Waals surface area contributed by atoms with E-state index in [2.05, 4.69) is 29.6 Å². The highest BCUT2D eigenvalue weighted by Crippen LogP contribution is 2.01. The molecule has 0 bridgehead atoms. The van der Waals surface area contributed by atoms with E-state index in [9.17, 15) is 0 Å². The van der Waals surface area contributed by atoms with Crippen LogP contribution in [0.2, 0.25) is 0 Å². The minimum atomic E-state index is -0.833. The lowest BCUT2D eigenvalue weighted by atomic mass is 10.3. The highest BCUT2D eigenvalue weighted by molar-refractivity contribution is 5.62. The first kappa shape index (κ1) is 13.7. The quantitative estimate of drug-likeness (QED) is 0.833. The van der Waals surface area contributed by atoms with Crippen LogP contribution >= 0.6 is 0 Å². The Bertz CT molecular complexity index is 257. The highest BCUT2D eigenvalue weighted by atomic mass is 16.4. The molecule has 0 radical (unpaired) electrons. The molecule has 1 heterocycles. The fraction of sp³-hybridized carbons (Fsp3) is 0.636. The van der Waals surface area contributed by atoms with Gasteiger partial charge in [-0.2, -0.15) is 0 Å². The number of carbonyl (C=O) groups is 1. The minimum absolute atomic E-state index is 0.833. The number of nitrogens with zero attached hydrogens (tertiary/aromatic N) is 2. The van der Waals surface area contributed by atoms with Gasteiger partial charge in [0.25, 0.3) is 5.97 Å². The molecule has 0 aliphatic carbocycles. The van der Waals surface area contributed by atoms with Crippen molar-refractivity contribution in [3.63, 3.8) is 0 Å². The SMILES string of the molecule is CC(=O)O.CCCc1nccn1CCC. The van der Waals surface area contributed by atoms with Crippen molar-refractivity contribution in [3.05, 3.63) is 18.2 Å². The number of aliphatic carboxylic acids is 1. The molecule has 0 atom stereocenters. The van der Waals surface area contributed by atoms with Gasteiger partial charge in [-0.15, -0.1) is 0 Å². The van der Waals surface area contributed by atoms with Crippen molar-refractivity contribution in [1.29, 1.82) is 0 Å². The van der Waals surface area contributed by atoms with Crippen molar-refractivity contribution in [2.24, 2.45) is 0 Å². The summed E-state index contributed by atoms with van der Waals surface area (Å²) in [6.07, 6.45) is 7.43. The summed E-state index contributed by atoms with van der Waals surface area (Å²) in [6.45, 7) is 6.57. The van der Waals surface area contributed by atoms with Crippen LogP contribution < -0.4 is 0 Å². The minimum Gasteiger partial charge on any atom is -0.481 e. The number of hydrogen-bond donors (Lipinski definition) is 1. The summed E-state index contributed by atoms with van der Waals surface area (Å²) in [7, 11) is 0. The van der Waals surface area contributed by atoms with Crippen molar-refractivity contribution in [2.75, 3.05) is 0 Å². The van der Waals surface area contributed by atoms with E-state index in [0.29, 0.717) is 0 Å². The molecule has 0 aromatic carbocycles. The molecule has 0 spiro atoms. The van der Waals surface area contributed by atoms with Crippen LogP contribution in [-0.2, 0) is 17.8 Å². The van der Waals surface area contributed by atoms with Gasteiger partial charge >= 0.3 is 0 Å². The van der Waals surface area contributed by atoms with Crippen molar-refractivity contribution in [3.8, 4) is 0 Å². The number of aromatic nitrogens is 2. The van der Waals surface area contributed by atoms with Gasteiger partial charge in [-0.3, -0.25) is 4.79 Å². The Kier molecular flexibility index (Phi) is 7.32. The van der Waals surface area contributed by atoms with Gasteiger partial charge in [-0.05, 0) is 12.8 Å². The fourth-order valence-electron chi connectivity index (χ4n) is 1.24. The van der Waals surface area contributed by atoms with Crippen molar-refractivity contribution in [1.82, 2.24) is 9.55 Å². The summed E-state index contributed by atoms with van der Waals surface area (Å²) >= 11 is 0. The topological polar surface area (TPSA) is 55.1 Å². The van der Waals surface area contributed by atoms with E-state index in [4.69, 9.17) is 9.90 Å². The maximum Gasteiger partial charge on any atom is 0.300 e. The van der Waals surface area contributed by atoms with Crippen LogP contribution in [0.5, 0.6) is 0 Å². The standard InChI is InChI=1S/C9H16N2.C2H4O2/c1-3-5-9-10-6-8-11(9)7-4-2;1-2(3)4/h6,8H,3-5,7H2,1-2H3;1H3,(H,3,4). The molecule has 1 aromatic heterocycles. The molecule has 86 valence electrons. The van der Waals surface area contributed by atoms with Crippen LogP contribution in [0.1, 0.15) is 39.4 Å². The Morgan fingerprint density at radius 1 is 1.47 bits per heavy atom. The molecule has 0 amide bonds. The summed E-state index contributed by atoms with van der Waals surface area (Å²) in [5.41, 5.74) is 0. The largest absolute Gasteiger partial charge is 0.481 e. The first-order valence-electron chi connectivity index (χ1n) is 5.31. The molecule has 1 aromatic rings. The zero-order valence-electron chi connectivity index (χ0n) is 9.73. The zero-order valence-corrected chi connectivity index (χ0v) is 9.73. The molecule has 0 aliphatic heterocycles. The summed E-state index contributed by atoms with van der Waals surface area (Å²) in [5, 5.41) is 7.42. The van der Waals surface area contributed by atoms with E-state index >= 15 is 0 Å². The average molecular weight is 212 g/mol. The number of aryl methyl sites for hydroxylation is 2. The van der Waals surface area contributed by atoms with Crippen molar-refractivity contribution in [2.45, 2.75) is 46.6 Å². The maximum absolute atomic E-state index is 9.00. The molecular weight excluding hydrogens is 192 g/mol. The van der Waals surface area contributed by atoms with Gasteiger partial charge in [0.05, 0.1) is 0 Å². The normalized spacial score (nSPS) is 9.27. The van der Waals surface area contributed by atoms with Crippen LogP contribution in [0, 0.1) is 0 Å². The smallest absolute Gasteiger partial charge is 0.300 e. The average Bonchev–Trinajstić information content (AvgIpc) is 2.53. The molecule has 0 fully saturated rings. The Morgan fingerprint density at radius 2 is 2.07 bits per heavy atom. The maximum atomic E-state index is 9.00. The van der Waals surface area contributed by atoms with Crippen LogP contribution in [0.4, 0.5) is 0 Å². The Balaban J connectivity index is 0.000000423. The second-order valence-electron chi connectivity index (χ2n) is 3.31. The Morgan fingerprint density at radius 3 is 2.53 bits per heavy atom. The highest BCUT2D eigenvalue weighted by Gasteiger charge is 1.98. The molecular formula is C11H20N2O2. The molecule has 4 heteroatoms. The summed E-state index contributed by atoms with van der Waals surface area (Å²) < 4.78 is 2.24. The molecule has 0 unspecified atom stereocenters. The molecule has 15 heavy (non-hydrogen) atoms. The molecule has 1 rings (SSSR count). The molecule has 0 saturated carbocycles. The van der Waals surface area contributed by atoms with Gasteiger partial charge in [0.2, 0.25) is 0 Å². The van der Waals surface area contributed by atoms with E-state index < -0.39 is 5.97 Å². The van der Waals surface area contributed by atoms with Crippen LogP contribution in [0.15, 0.2) is 12.4 Å². The van der Waals surface area contributed by atoms with Gasteiger partial charge in [-0.25, -0.2) is 4.98 Å². The van der Waals surface area contributed by atoms with Gasteiger partial charge in [-0.1, -0.05) is 13.8 Å². The monoisotopic (exact) mass is 212 g/mol. The zero-order chi connectivity index (χ0) is 11.7. The van der Waals surface area contributed by atoms with Gasteiger partial charge in [0, 0.05) is 32.3 Å². The van der Waals surface area contributed by atoms with E-state index in [0.717, 1.165) is 19.9 Å². The third kappa shape index (κ3) is 6.71. The van der Waals surface area contributed by atoms with Crippen LogP contribution in [0.25, 0.3) is 0 Å². The third-order valence-corrected chi connectivity index (χ3v) is 1.74. The van der Waals surface area contributed by atoms with Crippen molar-refractivity contribution >= 4 is 5.97 Å². The second kappa shape index (κ2) is 8.03. The Labute approximate surface area is 91.0 Å². The predicted octanol–water partition coefficient (Wildman–Crippen LogP) is 2.34. The number of carboxylic acids is 1. The van der Waals surface area contributed by atoms with Gasteiger partial charge in [0.1, 0.15) is 5.82 Å². The number of carboxylic acid groups (broad SMARTS) is 1. The Hall–Kier alpha value is -1.32. The lowest BCUT2D eigenvalue weighted by Crippen LogP contribution is -2.01. The van der Waals surface area contributed by atoms with E-state index in [1.54, 1.807) is 0 Å². The first-order valence-corrected chi connectivity index (χ1v) is 5.31. The summed E-state index contributed by atoms with van der Waals surface area (Å²) in [6, 6.07) is 0. The molecule has 4 nitrogen and oxygen atoms in total. The molecule has 0 saturated heterocycles. The van der Waals surface area contributed by atoms with Crippen LogP contribution in [0.3, 0.4) is 0 Å². The van der Waals surface area contributed by atoms with E-state index in [1.165, 1.54) is 18.7 Å². The second-order valence-corrected chi connectivity index (χ2v) is 3.31. The number of hydrogen-bond acceptors (Lipinski definition) is 2. The van der Waals surface area contributed by atoms with Crippen molar-refractivity contribution < 1.29 is 9.90 Å². The number of imidazole rings is 1. The van der Waals surface area contributed by atoms with E-state index in [-0.39, 0.29) is 0 Å². The fourth-order valence-corrected chi connectivity index (χ4v) is 1.24. The van der Waals surface area contributed by atoms with Gasteiger partial charge < -0.3 is 9.67 Å². The van der Waals surface area contributed by atoms with Gasteiger partial charge in [0.15, 0.2) is 0 Å². The third-order valence-electron chi connectivity index (χ3n) is 1.74.